The fraction of sp³-hybridized carbons (Fsp3) is 0.238. The van der Waals surface area contributed by atoms with Gasteiger partial charge in [0.15, 0.2) is 0 Å². The Bertz CT molecular complexity index is 1020. The number of nitrogens with zero attached hydrogens (tertiary/aromatic N) is 2. The van der Waals surface area contributed by atoms with Gasteiger partial charge in [0, 0.05) is 40.8 Å². The van der Waals surface area contributed by atoms with Crippen LogP contribution in [0.25, 0.3) is 11.4 Å². The van der Waals surface area contributed by atoms with Gasteiger partial charge in [-0.1, -0.05) is 35.3 Å². The monoisotopic (exact) mass is 399 g/mol. The summed E-state index contributed by atoms with van der Waals surface area (Å²) in [7, 11) is 0. The van der Waals surface area contributed by atoms with Crippen molar-refractivity contribution in [1.29, 1.82) is 0 Å². The van der Waals surface area contributed by atoms with E-state index in [1.807, 2.05) is 24.3 Å². The third-order valence-electron chi connectivity index (χ3n) is 5.00. The number of rotatable bonds is 3. The van der Waals surface area contributed by atoms with E-state index in [1.54, 1.807) is 12.1 Å². The highest BCUT2D eigenvalue weighted by molar-refractivity contribution is 6.31. The van der Waals surface area contributed by atoms with Gasteiger partial charge in [-0.2, -0.15) is 0 Å². The number of H-pyrrole nitrogens is 1. The first-order valence-electron chi connectivity index (χ1n) is 8.85. The van der Waals surface area contributed by atoms with Gasteiger partial charge in [-0.25, -0.2) is 4.98 Å². The van der Waals surface area contributed by atoms with Crippen molar-refractivity contribution in [3.63, 3.8) is 0 Å². The molecule has 4 nitrogen and oxygen atoms in total. The predicted octanol–water partition coefficient (Wildman–Crippen LogP) is 4.61. The summed E-state index contributed by atoms with van der Waals surface area (Å²) in [5.74, 6) is 0.575. The zero-order chi connectivity index (χ0) is 19.0. The van der Waals surface area contributed by atoms with Gasteiger partial charge in [-0.3, -0.25) is 9.69 Å². The maximum Gasteiger partial charge on any atom is 0.254 e. The molecule has 0 atom stereocenters. The van der Waals surface area contributed by atoms with Crippen molar-refractivity contribution in [3.05, 3.63) is 85.2 Å². The number of aryl methyl sites for hydroxylation is 1. The van der Waals surface area contributed by atoms with E-state index in [1.165, 1.54) is 5.56 Å². The number of hydrogen-bond acceptors (Lipinski definition) is 3. The van der Waals surface area contributed by atoms with Crippen LogP contribution in [0.1, 0.15) is 22.4 Å². The summed E-state index contributed by atoms with van der Waals surface area (Å²) in [6.07, 6.45) is 0.683. The molecule has 0 unspecified atom stereocenters. The van der Waals surface area contributed by atoms with Crippen LogP contribution >= 0.6 is 23.2 Å². The van der Waals surface area contributed by atoms with Gasteiger partial charge in [-0.05, 0) is 54.8 Å². The molecule has 0 radical (unpaired) electrons. The Morgan fingerprint density at radius 3 is 2.67 bits per heavy atom. The average molecular weight is 400 g/mol. The Labute approximate surface area is 167 Å². The maximum absolute atomic E-state index is 12.5. The van der Waals surface area contributed by atoms with Gasteiger partial charge in [0.25, 0.3) is 5.56 Å². The number of aromatic amines is 1. The summed E-state index contributed by atoms with van der Waals surface area (Å²) in [6.45, 7) is 4.25. The largest absolute Gasteiger partial charge is 0.306 e. The number of hydrogen-bond donors (Lipinski definition) is 1. The predicted molar refractivity (Wildman–Crippen MR) is 109 cm³/mol. The standard InChI is InChI=1S/C21H19Cl2N3O/c1-13-3-2-4-18(23)17(13)11-26-10-9-16-19(12-26)24-20(25-21(16)27)14-5-7-15(22)8-6-14/h2-8H,9-12H2,1H3,(H,24,25,27). The molecule has 2 heterocycles. The van der Waals surface area contributed by atoms with E-state index in [-0.39, 0.29) is 5.56 Å². The minimum absolute atomic E-state index is 0.0569. The molecule has 0 saturated heterocycles. The van der Waals surface area contributed by atoms with Gasteiger partial charge in [0.2, 0.25) is 0 Å². The summed E-state index contributed by atoms with van der Waals surface area (Å²) in [5.41, 5.74) is 4.70. The molecule has 138 valence electrons. The molecule has 1 aliphatic rings. The quantitative estimate of drug-likeness (QED) is 0.699. The van der Waals surface area contributed by atoms with Crippen molar-refractivity contribution in [3.8, 4) is 11.4 Å². The van der Waals surface area contributed by atoms with Crippen molar-refractivity contribution in [2.45, 2.75) is 26.4 Å². The number of fused-ring (bicyclic) bond motifs is 1. The zero-order valence-electron chi connectivity index (χ0n) is 14.9. The maximum atomic E-state index is 12.5. The van der Waals surface area contributed by atoms with Crippen LogP contribution < -0.4 is 5.56 Å². The number of aromatic nitrogens is 2. The molecule has 3 aromatic rings. The van der Waals surface area contributed by atoms with Crippen LogP contribution in [0.2, 0.25) is 10.0 Å². The van der Waals surface area contributed by atoms with Gasteiger partial charge < -0.3 is 4.98 Å². The van der Waals surface area contributed by atoms with Crippen LogP contribution in [0, 0.1) is 6.92 Å². The lowest BCUT2D eigenvalue weighted by atomic mass is 10.0. The van der Waals surface area contributed by atoms with E-state index in [0.717, 1.165) is 40.5 Å². The van der Waals surface area contributed by atoms with Crippen LogP contribution in [0.15, 0.2) is 47.3 Å². The molecular formula is C21H19Cl2N3O. The summed E-state index contributed by atoms with van der Waals surface area (Å²) >= 11 is 12.3. The summed E-state index contributed by atoms with van der Waals surface area (Å²) in [6, 6.07) is 13.3. The highest BCUT2D eigenvalue weighted by Crippen LogP contribution is 2.25. The zero-order valence-corrected chi connectivity index (χ0v) is 16.4. The summed E-state index contributed by atoms with van der Waals surface area (Å²) in [4.78, 5) is 22.5. The fourth-order valence-corrected chi connectivity index (χ4v) is 3.87. The summed E-state index contributed by atoms with van der Waals surface area (Å²) in [5, 5.41) is 1.43. The first-order chi connectivity index (χ1) is 13.0. The van der Waals surface area contributed by atoms with Crippen LogP contribution in [-0.2, 0) is 19.5 Å². The fourth-order valence-electron chi connectivity index (χ4n) is 3.46. The molecule has 1 N–H and O–H groups in total. The lowest BCUT2D eigenvalue weighted by Crippen LogP contribution is -2.35. The molecule has 0 bridgehead atoms. The molecule has 1 aliphatic heterocycles. The van der Waals surface area contributed by atoms with Crippen molar-refractivity contribution >= 4 is 23.2 Å². The van der Waals surface area contributed by atoms with E-state index in [4.69, 9.17) is 28.2 Å². The number of nitrogens with one attached hydrogen (secondary N) is 1. The molecule has 6 heteroatoms. The van der Waals surface area contributed by atoms with Crippen LogP contribution in [0.3, 0.4) is 0 Å². The first kappa shape index (κ1) is 18.2. The molecule has 1 aromatic heterocycles. The normalized spacial score (nSPS) is 14.2. The molecule has 2 aromatic carbocycles. The second-order valence-electron chi connectivity index (χ2n) is 6.84. The molecule has 0 spiro atoms. The van der Waals surface area contributed by atoms with E-state index in [0.29, 0.717) is 23.8 Å². The molecule has 27 heavy (non-hydrogen) atoms. The van der Waals surface area contributed by atoms with E-state index >= 15 is 0 Å². The molecule has 0 fully saturated rings. The molecule has 0 amide bonds. The van der Waals surface area contributed by atoms with Gasteiger partial charge in [-0.15, -0.1) is 0 Å². The highest BCUT2D eigenvalue weighted by atomic mass is 35.5. The van der Waals surface area contributed by atoms with E-state index in [9.17, 15) is 4.79 Å². The van der Waals surface area contributed by atoms with E-state index in [2.05, 4.69) is 22.9 Å². The van der Waals surface area contributed by atoms with E-state index < -0.39 is 0 Å². The van der Waals surface area contributed by atoms with Crippen LogP contribution in [0.5, 0.6) is 0 Å². The Balaban J connectivity index is 1.63. The van der Waals surface area contributed by atoms with Crippen LogP contribution in [0.4, 0.5) is 0 Å². The third-order valence-corrected chi connectivity index (χ3v) is 5.61. The third kappa shape index (κ3) is 3.79. The van der Waals surface area contributed by atoms with Crippen LogP contribution in [-0.4, -0.2) is 21.4 Å². The Hall–Kier alpha value is -2.14. The second kappa shape index (κ2) is 7.47. The minimum atomic E-state index is -0.0569. The lowest BCUT2D eigenvalue weighted by Gasteiger charge is -2.28. The smallest absolute Gasteiger partial charge is 0.254 e. The SMILES string of the molecule is Cc1cccc(Cl)c1CN1CCc2c(nc(-c3ccc(Cl)cc3)[nH]c2=O)C1. The molecule has 0 saturated carbocycles. The van der Waals surface area contributed by atoms with Crippen molar-refractivity contribution in [2.24, 2.45) is 0 Å². The Kier molecular flexibility index (Phi) is 5.04. The number of halogens is 2. The molecular weight excluding hydrogens is 381 g/mol. The average Bonchev–Trinajstić information content (AvgIpc) is 2.65. The number of benzene rings is 2. The molecule has 0 aliphatic carbocycles. The highest BCUT2D eigenvalue weighted by Gasteiger charge is 2.22. The van der Waals surface area contributed by atoms with Gasteiger partial charge >= 0.3 is 0 Å². The minimum Gasteiger partial charge on any atom is -0.306 e. The Morgan fingerprint density at radius 1 is 1.15 bits per heavy atom. The lowest BCUT2D eigenvalue weighted by molar-refractivity contribution is 0.240. The van der Waals surface area contributed by atoms with Gasteiger partial charge in [0.05, 0.1) is 5.69 Å². The van der Waals surface area contributed by atoms with Gasteiger partial charge in [0.1, 0.15) is 5.82 Å². The first-order valence-corrected chi connectivity index (χ1v) is 9.61. The van der Waals surface area contributed by atoms with Crippen molar-refractivity contribution in [1.82, 2.24) is 14.9 Å². The topological polar surface area (TPSA) is 49.0 Å². The van der Waals surface area contributed by atoms with Crippen molar-refractivity contribution in [2.75, 3.05) is 6.54 Å². The molecule has 4 rings (SSSR count). The Morgan fingerprint density at radius 2 is 1.93 bits per heavy atom. The summed E-state index contributed by atoms with van der Waals surface area (Å²) < 4.78 is 0. The van der Waals surface area contributed by atoms with Crippen molar-refractivity contribution < 1.29 is 0 Å². The second-order valence-corrected chi connectivity index (χ2v) is 7.69.